The fraction of sp³-hybridized carbons (Fsp3) is 0.455. The van der Waals surface area contributed by atoms with Gasteiger partial charge in [-0.3, -0.25) is 0 Å². The maximum absolute atomic E-state index is 11.1. The number of hydrogen-bond donors (Lipinski definition) is 2. The second-order valence-corrected chi connectivity index (χ2v) is 5.83. The lowest BCUT2D eigenvalue weighted by Crippen LogP contribution is -2.33. The van der Waals surface area contributed by atoms with Gasteiger partial charge in [-0.2, -0.15) is 0 Å². The molecule has 0 heterocycles. The standard InChI is InChI=1S/C11H16N2O3S/c12-10-2-1-3-11(10)16-8-4-6-9(7-5-8)17(13,14)15/h4-7,10-11H,1-3,12H2,(H2,13,14,15). The minimum absolute atomic E-state index is 0.0235. The van der Waals surface area contributed by atoms with Crippen molar-refractivity contribution < 1.29 is 13.2 Å². The van der Waals surface area contributed by atoms with E-state index < -0.39 is 10.0 Å². The molecule has 1 fully saturated rings. The normalized spacial score (nSPS) is 24.8. The van der Waals surface area contributed by atoms with E-state index in [0.29, 0.717) is 5.75 Å². The summed E-state index contributed by atoms with van der Waals surface area (Å²) in [5, 5.41) is 5.00. The molecule has 5 nitrogen and oxygen atoms in total. The highest BCUT2D eigenvalue weighted by Gasteiger charge is 2.25. The molecule has 0 aromatic heterocycles. The molecule has 0 saturated heterocycles. The topological polar surface area (TPSA) is 95.4 Å². The van der Waals surface area contributed by atoms with Gasteiger partial charge in [0.15, 0.2) is 0 Å². The second-order valence-electron chi connectivity index (χ2n) is 4.27. The smallest absolute Gasteiger partial charge is 0.238 e. The van der Waals surface area contributed by atoms with Crippen LogP contribution in [0.1, 0.15) is 19.3 Å². The van der Waals surface area contributed by atoms with Gasteiger partial charge in [-0.05, 0) is 43.5 Å². The lowest BCUT2D eigenvalue weighted by molar-refractivity contribution is 0.191. The van der Waals surface area contributed by atoms with Crippen LogP contribution in [-0.4, -0.2) is 20.6 Å². The summed E-state index contributed by atoms with van der Waals surface area (Å²) in [4.78, 5) is 0.0839. The number of ether oxygens (including phenoxy) is 1. The van der Waals surface area contributed by atoms with Gasteiger partial charge in [-0.1, -0.05) is 0 Å². The van der Waals surface area contributed by atoms with Crippen molar-refractivity contribution in [1.29, 1.82) is 0 Å². The molecule has 0 amide bonds. The number of nitrogens with two attached hydrogens (primary N) is 2. The Balaban J connectivity index is 2.08. The fourth-order valence-corrected chi connectivity index (χ4v) is 2.50. The van der Waals surface area contributed by atoms with Gasteiger partial charge in [-0.15, -0.1) is 0 Å². The zero-order valence-electron chi connectivity index (χ0n) is 9.37. The van der Waals surface area contributed by atoms with Crippen molar-refractivity contribution in [2.24, 2.45) is 10.9 Å². The average molecular weight is 256 g/mol. The van der Waals surface area contributed by atoms with Crippen LogP contribution in [0, 0.1) is 0 Å². The van der Waals surface area contributed by atoms with Crippen LogP contribution >= 0.6 is 0 Å². The van der Waals surface area contributed by atoms with E-state index in [9.17, 15) is 8.42 Å². The Morgan fingerprint density at radius 1 is 1.18 bits per heavy atom. The third-order valence-electron chi connectivity index (χ3n) is 2.94. The quantitative estimate of drug-likeness (QED) is 0.827. The SMILES string of the molecule is NC1CCCC1Oc1ccc(S(N)(=O)=O)cc1. The van der Waals surface area contributed by atoms with Gasteiger partial charge in [0.2, 0.25) is 10.0 Å². The third kappa shape index (κ3) is 2.96. The highest BCUT2D eigenvalue weighted by molar-refractivity contribution is 7.89. The Hall–Kier alpha value is -1.11. The van der Waals surface area contributed by atoms with Crippen molar-refractivity contribution in [2.45, 2.75) is 36.3 Å². The highest BCUT2D eigenvalue weighted by Crippen LogP contribution is 2.24. The van der Waals surface area contributed by atoms with Crippen LogP contribution in [0.25, 0.3) is 0 Å². The predicted octanol–water partition coefficient (Wildman–Crippen LogP) is 0.593. The van der Waals surface area contributed by atoms with E-state index in [1.165, 1.54) is 12.1 Å². The summed E-state index contributed by atoms with van der Waals surface area (Å²) >= 11 is 0. The summed E-state index contributed by atoms with van der Waals surface area (Å²) in [6.45, 7) is 0. The molecular formula is C11H16N2O3S. The van der Waals surface area contributed by atoms with Crippen LogP contribution in [0.4, 0.5) is 0 Å². The van der Waals surface area contributed by atoms with Gasteiger partial charge < -0.3 is 10.5 Å². The van der Waals surface area contributed by atoms with E-state index in [0.717, 1.165) is 19.3 Å². The molecule has 17 heavy (non-hydrogen) atoms. The number of benzene rings is 1. The van der Waals surface area contributed by atoms with Gasteiger partial charge >= 0.3 is 0 Å². The van der Waals surface area contributed by atoms with E-state index in [1.54, 1.807) is 12.1 Å². The molecular weight excluding hydrogens is 240 g/mol. The molecule has 6 heteroatoms. The summed E-state index contributed by atoms with van der Waals surface area (Å²) in [6.07, 6.45) is 3.01. The van der Waals surface area contributed by atoms with E-state index in [1.807, 2.05) is 0 Å². The van der Waals surface area contributed by atoms with Crippen molar-refractivity contribution in [1.82, 2.24) is 0 Å². The zero-order valence-corrected chi connectivity index (χ0v) is 10.2. The minimum atomic E-state index is -3.64. The molecule has 0 spiro atoms. The fourth-order valence-electron chi connectivity index (χ4n) is 1.98. The van der Waals surface area contributed by atoms with Crippen molar-refractivity contribution in [3.63, 3.8) is 0 Å². The van der Waals surface area contributed by atoms with Crippen molar-refractivity contribution >= 4 is 10.0 Å². The van der Waals surface area contributed by atoms with E-state index in [2.05, 4.69) is 0 Å². The lowest BCUT2D eigenvalue weighted by Gasteiger charge is -2.17. The van der Waals surface area contributed by atoms with Gasteiger partial charge in [-0.25, -0.2) is 13.6 Å². The Labute approximate surface area is 101 Å². The highest BCUT2D eigenvalue weighted by atomic mass is 32.2. The van der Waals surface area contributed by atoms with Gasteiger partial charge in [0, 0.05) is 6.04 Å². The molecule has 4 N–H and O–H groups in total. The molecule has 1 aromatic rings. The molecule has 0 radical (unpaired) electrons. The van der Waals surface area contributed by atoms with Crippen molar-refractivity contribution in [3.05, 3.63) is 24.3 Å². The maximum Gasteiger partial charge on any atom is 0.238 e. The summed E-state index contributed by atoms with van der Waals surface area (Å²) in [5.41, 5.74) is 5.89. The van der Waals surface area contributed by atoms with Crippen molar-refractivity contribution in [2.75, 3.05) is 0 Å². The number of hydrogen-bond acceptors (Lipinski definition) is 4. The second kappa shape index (κ2) is 4.64. The molecule has 2 atom stereocenters. The van der Waals surface area contributed by atoms with Crippen LogP contribution in [-0.2, 0) is 10.0 Å². The monoisotopic (exact) mass is 256 g/mol. The van der Waals surface area contributed by atoms with Gasteiger partial charge in [0.1, 0.15) is 11.9 Å². The lowest BCUT2D eigenvalue weighted by atomic mass is 10.2. The Bertz CT molecular complexity index is 484. The van der Waals surface area contributed by atoms with E-state index >= 15 is 0 Å². The van der Waals surface area contributed by atoms with Crippen LogP contribution in [0.2, 0.25) is 0 Å². The number of primary sulfonamides is 1. The zero-order chi connectivity index (χ0) is 12.5. The van der Waals surface area contributed by atoms with E-state index in [-0.39, 0.29) is 17.0 Å². The first-order valence-corrected chi connectivity index (χ1v) is 7.06. The minimum Gasteiger partial charge on any atom is -0.489 e. The molecule has 1 aromatic carbocycles. The first-order valence-electron chi connectivity index (χ1n) is 5.52. The van der Waals surface area contributed by atoms with Crippen LogP contribution < -0.4 is 15.6 Å². The molecule has 1 saturated carbocycles. The summed E-state index contributed by atoms with van der Waals surface area (Å²) in [7, 11) is -3.64. The number of sulfonamides is 1. The van der Waals surface area contributed by atoms with Crippen LogP contribution in [0.3, 0.4) is 0 Å². The predicted molar refractivity (Wildman–Crippen MR) is 64.1 cm³/mol. The van der Waals surface area contributed by atoms with Gasteiger partial charge in [0.05, 0.1) is 4.90 Å². The molecule has 1 aliphatic carbocycles. The van der Waals surface area contributed by atoms with Gasteiger partial charge in [0.25, 0.3) is 0 Å². The van der Waals surface area contributed by atoms with Crippen LogP contribution in [0.15, 0.2) is 29.2 Å². The summed E-state index contributed by atoms with van der Waals surface area (Å²) in [5.74, 6) is 0.625. The first-order chi connectivity index (χ1) is 7.97. The van der Waals surface area contributed by atoms with Crippen LogP contribution in [0.5, 0.6) is 5.75 Å². The molecule has 2 unspecified atom stereocenters. The third-order valence-corrected chi connectivity index (χ3v) is 3.87. The summed E-state index contributed by atoms with van der Waals surface area (Å²) < 4.78 is 27.8. The summed E-state index contributed by atoms with van der Waals surface area (Å²) in [6, 6.07) is 6.14. The first kappa shape index (κ1) is 12.3. The molecule has 2 rings (SSSR count). The number of rotatable bonds is 3. The molecule has 0 aliphatic heterocycles. The molecule has 1 aliphatic rings. The Morgan fingerprint density at radius 3 is 2.29 bits per heavy atom. The largest absolute Gasteiger partial charge is 0.489 e. The Morgan fingerprint density at radius 2 is 1.82 bits per heavy atom. The Kier molecular flexibility index (Phi) is 3.37. The molecule has 94 valence electrons. The molecule has 0 bridgehead atoms. The van der Waals surface area contributed by atoms with Crippen molar-refractivity contribution in [3.8, 4) is 5.75 Å². The average Bonchev–Trinajstić information content (AvgIpc) is 2.64. The van der Waals surface area contributed by atoms with E-state index in [4.69, 9.17) is 15.6 Å². The maximum atomic E-state index is 11.1.